The van der Waals surface area contributed by atoms with Gasteiger partial charge in [0.25, 0.3) is 0 Å². The van der Waals surface area contributed by atoms with Gasteiger partial charge in [-0.1, -0.05) is 5.21 Å². The van der Waals surface area contributed by atoms with E-state index in [2.05, 4.69) is 30.7 Å². The average molecular weight is 393 g/mol. The largest absolute Gasteiger partial charge is 0.421 e. The van der Waals surface area contributed by atoms with Crippen molar-refractivity contribution >= 4 is 17.5 Å². The van der Waals surface area contributed by atoms with E-state index in [9.17, 15) is 13.2 Å². The van der Waals surface area contributed by atoms with Crippen LogP contribution in [-0.2, 0) is 6.18 Å². The van der Waals surface area contributed by atoms with E-state index >= 15 is 0 Å². The molecule has 2 atom stereocenters. The summed E-state index contributed by atoms with van der Waals surface area (Å²) in [5, 5.41) is 15.3. The lowest BCUT2D eigenvalue weighted by Crippen LogP contribution is -2.12. The van der Waals surface area contributed by atoms with Gasteiger partial charge in [-0.15, -0.1) is 5.10 Å². The first kappa shape index (κ1) is 18.2. The lowest BCUT2D eigenvalue weighted by Gasteiger charge is -2.12. The summed E-state index contributed by atoms with van der Waals surface area (Å²) in [5.41, 5.74) is 5.66. The summed E-state index contributed by atoms with van der Waals surface area (Å²) >= 11 is 0. The molecule has 1 fully saturated rings. The number of halogens is 3. The SMILES string of the molecule is Cc1nn([C@@H]2CC[C@H](n3ccnn3)C2)cc1Nc1ncc(C(F)(F)F)c(N)n1. The van der Waals surface area contributed by atoms with Crippen LogP contribution in [-0.4, -0.2) is 34.7 Å². The van der Waals surface area contributed by atoms with Gasteiger partial charge < -0.3 is 11.1 Å². The fourth-order valence-electron chi connectivity index (χ4n) is 3.41. The molecule has 3 aromatic heterocycles. The third-order valence-electron chi connectivity index (χ3n) is 4.85. The lowest BCUT2D eigenvalue weighted by atomic mass is 10.2. The van der Waals surface area contributed by atoms with E-state index in [4.69, 9.17) is 5.73 Å². The minimum absolute atomic E-state index is 0.0138. The summed E-state index contributed by atoms with van der Waals surface area (Å²) in [7, 11) is 0. The Morgan fingerprint density at radius 1 is 1.21 bits per heavy atom. The molecule has 0 amide bonds. The third kappa shape index (κ3) is 3.49. The first-order valence-corrected chi connectivity index (χ1v) is 8.69. The molecular formula is C16H18F3N9. The molecule has 3 aromatic rings. The van der Waals surface area contributed by atoms with Crippen molar-refractivity contribution in [3.8, 4) is 0 Å². The van der Waals surface area contributed by atoms with Crippen LogP contribution in [0.15, 0.2) is 24.8 Å². The monoisotopic (exact) mass is 393 g/mol. The number of nitrogens with two attached hydrogens (primary N) is 1. The number of aromatic nitrogens is 7. The normalized spacial score (nSPS) is 19.9. The molecule has 9 nitrogen and oxygen atoms in total. The van der Waals surface area contributed by atoms with E-state index in [0.29, 0.717) is 17.6 Å². The van der Waals surface area contributed by atoms with Crippen LogP contribution in [0.5, 0.6) is 0 Å². The number of hydrogen-bond donors (Lipinski definition) is 2. The zero-order valence-electron chi connectivity index (χ0n) is 14.9. The molecule has 1 aliphatic carbocycles. The second-order valence-electron chi connectivity index (χ2n) is 6.73. The molecule has 148 valence electrons. The van der Waals surface area contributed by atoms with Gasteiger partial charge in [0.05, 0.1) is 29.7 Å². The van der Waals surface area contributed by atoms with Crippen LogP contribution in [0.3, 0.4) is 0 Å². The minimum atomic E-state index is -4.59. The Bertz CT molecular complexity index is 964. The van der Waals surface area contributed by atoms with Gasteiger partial charge in [-0.2, -0.15) is 23.3 Å². The van der Waals surface area contributed by atoms with Crippen molar-refractivity contribution in [2.75, 3.05) is 11.1 Å². The average Bonchev–Trinajstić information content (AvgIpc) is 3.34. The molecule has 1 aliphatic rings. The summed E-state index contributed by atoms with van der Waals surface area (Å²) in [6.07, 6.45) is 4.16. The van der Waals surface area contributed by atoms with Gasteiger partial charge in [-0.25, -0.2) is 9.67 Å². The van der Waals surface area contributed by atoms with Crippen LogP contribution in [0, 0.1) is 6.92 Å². The van der Waals surface area contributed by atoms with Crippen LogP contribution in [0.25, 0.3) is 0 Å². The smallest absolute Gasteiger partial charge is 0.383 e. The second-order valence-corrected chi connectivity index (χ2v) is 6.73. The molecule has 1 saturated carbocycles. The number of alkyl halides is 3. The van der Waals surface area contributed by atoms with E-state index in [1.807, 2.05) is 15.6 Å². The highest BCUT2D eigenvalue weighted by molar-refractivity contribution is 5.57. The highest BCUT2D eigenvalue weighted by Gasteiger charge is 2.34. The maximum Gasteiger partial charge on any atom is 0.421 e. The minimum Gasteiger partial charge on any atom is -0.383 e. The zero-order valence-corrected chi connectivity index (χ0v) is 14.9. The third-order valence-corrected chi connectivity index (χ3v) is 4.85. The Hall–Kier alpha value is -3.18. The van der Waals surface area contributed by atoms with E-state index in [-0.39, 0.29) is 18.0 Å². The van der Waals surface area contributed by atoms with Crippen molar-refractivity contribution in [3.63, 3.8) is 0 Å². The van der Waals surface area contributed by atoms with Crippen molar-refractivity contribution in [1.29, 1.82) is 0 Å². The topological polar surface area (TPSA) is 112 Å². The molecule has 0 saturated heterocycles. The number of hydrogen-bond acceptors (Lipinski definition) is 7. The molecule has 0 aliphatic heterocycles. The fraction of sp³-hybridized carbons (Fsp3) is 0.438. The van der Waals surface area contributed by atoms with Gasteiger partial charge in [0.15, 0.2) is 0 Å². The van der Waals surface area contributed by atoms with Crippen LogP contribution >= 0.6 is 0 Å². The van der Waals surface area contributed by atoms with Gasteiger partial charge >= 0.3 is 6.18 Å². The van der Waals surface area contributed by atoms with Gasteiger partial charge in [-0.05, 0) is 26.2 Å². The first-order valence-electron chi connectivity index (χ1n) is 8.69. The quantitative estimate of drug-likeness (QED) is 0.701. The Balaban J connectivity index is 1.49. The summed E-state index contributed by atoms with van der Waals surface area (Å²) in [5.74, 6) is -0.637. The molecule has 4 rings (SSSR count). The molecule has 28 heavy (non-hydrogen) atoms. The summed E-state index contributed by atoms with van der Waals surface area (Å²) in [6.45, 7) is 1.80. The van der Waals surface area contributed by atoms with Gasteiger partial charge in [0, 0.05) is 18.6 Å². The van der Waals surface area contributed by atoms with Crippen molar-refractivity contribution in [1.82, 2.24) is 34.7 Å². The standard InChI is InChI=1S/C16H18F3N9/c1-9-13(23-15-21-7-12(14(20)24-15)16(17,18)19)8-28(25-9)11-3-2-10(6-11)27-5-4-22-26-27/h4-5,7-8,10-11H,2-3,6H2,1H3,(H3,20,21,23,24)/t10-,11+/m0/s1. The van der Waals surface area contributed by atoms with Crippen LogP contribution in [0.4, 0.5) is 30.6 Å². The molecule has 3 heterocycles. The fourth-order valence-corrected chi connectivity index (χ4v) is 3.41. The number of anilines is 3. The Labute approximate surface area is 157 Å². The van der Waals surface area contributed by atoms with Crippen molar-refractivity contribution in [3.05, 3.63) is 36.0 Å². The summed E-state index contributed by atoms with van der Waals surface area (Å²) in [4.78, 5) is 7.43. The number of aryl methyl sites for hydroxylation is 1. The maximum atomic E-state index is 12.8. The van der Waals surface area contributed by atoms with E-state index in [0.717, 1.165) is 19.3 Å². The molecular weight excluding hydrogens is 375 g/mol. The molecule has 0 spiro atoms. The van der Waals surface area contributed by atoms with Crippen LogP contribution in [0.1, 0.15) is 42.6 Å². The lowest BCUT2D eigenvalue weighted by molar-refractivity contribution is -0.137. The van der Waals surface area contributed by atoms with E-state index < -0.39 is 17.6 Å². The van der Waals surface area contributed by atoms with Crippen molar-refractivity contribution in [2.45, 2.75) is 44.4 Å². The Kier molecular flexibility index (Phi) is 4.40. The maximum absolute atomic E-state index is 12.8. The highest BCUT2D eigenvalue weighted by Crippen LogP contribution is 2.38. The Morgan fingerprint density at radius 3 is 2.61 bits per heavy atom. The van der Waals surface area contributed by atoms with Gasteiger partial charge in [0.1, 0.15) is 11.4 Å². The molecule has 0 unspecified atom stereocenters. The predicted octanol–water partition coefficient (Wildman–Crippen LogP) is 2.88. The summed E-state index contributed by atoms with van der Waals surface area (Å²) < 4.78 is 42.1. The Morgan fingerprint density at radius 2 is 1.96 bits per heavy atom. The highest BCUT2D eigenvalue weighted by atomic mass is 19.4. The second kappa shape index (κ2) is 6.77. The van der Waals surface area contributed by atoms with E-state index in [1.165, 1.54) is 0 Å². The molecule has 0 bridgehead atoms. The molecule has 0 aromatic carbocycles. The molecule has 0 radical (unpaired) electrons. The van der Waals surface area contributed by atoms with Crippen LogP contribution < -0.4 is 11.1 Å². The first-order chi connectivity index (χ1) is 13.3. The zero-order chi connectivity index (χ0) is 19.9. The number of nitrogen functional groups attached to an aromatic ring is 1. The van der Waals surface area contributed by atoms with E-state index in [1.54, 1.807) is 19.3 Å². The van der Waals surface area contributed by atoms with Crippen molar-refractivity contribution in [2.24, 2.45) is 0 Å². The van der Waals surface area contributed by atoms with Crippen LogP contribution in [0.2, 0.25) is 0 Å². The number of nitrogens with zero attached hydrogens (tertiary/aromatic N) is 7. The molecule has 3 N–H and O–H groups in total. The number of rotatable bonds is 4. The summed E-state index contributed by atoms with van der Waals surface area (Å²) in [6, 6.07) is 0.466. The van der Waals surface area contributed by atoms with Crippen molar-refractivity contribution < 1.29 is 13.2 Å². The molecule has 12 heteroatoms. The van der Waals surface area contributed by atoms with Gasteiger partial charge in [0.2, 0.25) is 5.95 Å². The predicted molar refractivity (Wildman–Crippen MR) is 93.6 cm³/mol. The number of nitrogens with one attached hydrogen (secondary N) is 1. The van der Waals surface area contributed by atoms with Gasteiger partial charge in [-0.3, -0.25) is 4.68 Å².